The Kier molecular flexibility index (Phi) is 10.1. The monoisotopic (exact) mass is 672 g/mol. The number of likely N-dealkylation sites (tertiary alicyclic amines) is 1. The highest BCUT2D eigenvalue weighted by Crippen LogP contribution is 2.53. The standard InChI is InChI=1S/C34H45ClN4O8/c1-10-19-14-34(19,30(42)43)17-37-27(40)25-18(2)24(46-28-22-13-20(35)11-12-21(22)23(45-9)15-36-28)16-39(25)29(41)26(32(3,4)5)38-31(44)47-33(6,7)8/h10-13,15,18-19,24-26H,1,14,16-17H2,2-9H3,(H,37,40)(H,38,44)(H,42,43). The molecule has 12 nitrogen and oxygen atoms in total. The number of amides is 3. The number of aromatic nitrogens is 1. The van der Waals surface area contributed by atoms with E-state index in [-0.39, 0.29) is 24.9 Å². The van der Waals surface area contributed by atoms with Crippen molar-refractivity contribution >= 4 is 46.3 Å². The first-order chi connectivity index (χ1) is 21.8. The predicted molar refractivity (Wildman–Crippen MR) is 176 cm³/mol. The lowest BCUT2D eigenvalue weighted by atomic mass is 9.85. The maximum absolute atomic E-state index is 14.4. The SMILES string of the molecule is C=CC1CC1(CNC(=O)C1C(C)C(Oc2ncc(OC)c3ccc(Cl)cc23)CN1C(=O)C(NC(=O)OC(C)(C)C)C(C)(C)C)C(=O)O. The average Bonchev–Trinajstić information content (AvgIpc) is 3.62. The van der Waals surface area contributed by atoms with Crippen LogP contribution in [0.3, 0.4) is 0 Å². The number of ether oxygens (including phenoxy) is 3. The van der Waals surface area contributed by atoms with Crippen molar-refractivity contribution in [3.8, 4) is 11.6 Å². The molecule has 1 aromatic heterocycles. The molecule has 1 saturated heterocycles. The number of aliphatic carboxylic acids is 1. The zero-order valence-electron chi connectivity index (χ0n) is 28.2. The normalized spacial score (nSPS) is 24.7. The molecule has 1 saturated carbocycles. The molecule has 0 spiro atoms. The first kappa shape index (κ1) is 35.8. The number of halogens is 1. The summed E-state index contributed by atoms with van der Waals surface area (Å²) < 4.78 is 17.4. The zero-order valence-corrected chi connectivity index (χ0v) is 28.9. The van der Waals surface area contributed by atoms with Crippen LogP contribution < -0.4 is 20.1 Å². The van der Waals surface area contributed by atoms with Gasteiger partial charge in [0.2, 0.25) is 17.7 Å². The van der Waals surface area contributed by atoms with Crippen LogP contribution >= 0.6 is 11.6 Å². The number of alkyl carbamates (subject to hydrolysis) is 1. The van der Waals surface area contributed by atoms with Crippen molar-refractivity contribution in [1.82, 2.24) is 20.5 Å². The minimum atomic E-state index is -1.15. The third-order valence-electron chi connectivity index (χ3n) is 8.80. The number of benzene rings is 1. The highest BCUT2D eigenvalue weighted by molar-refractivity contribution is 6.31. The lowest BCUT2D eigenvalue weighted by molar-refractivity contribution is -0.145. The Balaban J connectivity index is 1.68. The van der Waals surface area contributed by atoms with Gasteiger partial charge in [0, 0.05) is 28.3 Å². The van der Waals surface area contributed by atoms with E-state index in [9.17, 15) is 24.3 Å². The van der Waals surface area contributed by atoms with Gasteiger partial charge in [0.05, 0.1) is 25.3 Å². The Morgan fingerprint density at radius 2 is 1.87 bits per heavy atom. The summed E-state index contributed by atoms with van der Waals surface area (Å²) >= 11 is 6.32. The van der Waals surface area contributed by atoms with Gasteiger partial charge in [-0.05, 0) is 56.7 Å². The highest BCUT2D eigenvalue weighted by atomic mass is 35.5. The van der Waals surface area contributed by atoms with Gasteiger partial charge in [-0.1, -0.05) is 45.4 Å². The fourth-order valence-electron chi connectivity index (χ4n) is 6.03. The molecule has 3 N–H and O–H groups in total. The van der Waals surface area contributed by atoms with Gasteiger partial charge in [0.1, 0.15) is 29.5 Å². The maximum atomic E-state index is 14.4. The molecule has 6 atom stereocenters. The van der Waals surface area contributed by atoms with Crippen molar-refractivity contribution in [2.24, 2.45) is 22.7 Å². The number of fused-ring (bicyclic) bond motifs is 1. The van der Waals surface area contributed by atoms with Crippen LogP contribution in [0.2, 0.25) is 5.02 Å². The molecule has 0 radical (unpaired) electrons. The van der Waals surface area contributed by atoms with Crippen LogP contribution in [0.15, 0.2) is 37.1 Å². The molecule has 2 aliphatic rings. The fourth-order valence-corrected chi connectivity index (χ4v) is 6.21. The van der Waals surface area contributed by atoms with E-state index in [1.807, 2.05) is 0 Å². The number of pyridine rings is 1. The minimum Gasteiger partial charge on any atom is -0.494 e. The van der Waals surface area contributed by atoms with Crippen LogP contribution in [0.5, 0.6) is 11.6 Å². The van der Waals surface area contributed by atoms with Crippen molar-refractivity contribution in [2.75, 3.05) is 20.2 Å². The van der Waals surface area contributed by atoms with Gasteiger partial charge < -0.3 is 34.9 Å². The molecule has 2 heterocycles. The summed E-state index contributed by atoms with van der Waals surface area (Å²) in [5.41, 5.74) is -2.73. The Bertz CT molecular complexity index is 1570. The molecule has 2 fully saturated rings. The summed E-state index contributed by atoms with van der Waals surface area (Å²) in [5.74, 6) is -2.17. The topological polar surface area (TPSA) is 156 Å². The molecule has 13 heteroatoms. The molecule has 47 heavy (non-hydrogen) atoms. The summed E-state index contributed by atoms with van der Waals surface area (Å²) in [5, 5.41) is 17.2. The average molecular weight is 673 g/mol. The van der Waals surface area contributed by atoms with Crippen molar-refractivity contribution < 1.29 is 38.5 Å². The van der Waals surface area contributed by atoms with E-state index < -0.39 is 64.4 Å². The molecular formula is C34H45ClN4O8. The van der Waals surface area contributed by atoms with E-state index in [1.165, 1.54) is 18.2 Å². The number of carbonyl (C=O) groups is 4. The van der Waals surface area contributed by atoms with Gasteiger partial charge in [-0.2, -0.15) is 0 Å². The summed E-state index contributed by atoms with van der Waals surface area (Å²) in [7, 11) is 1.53. The number of allylic oxidation sites excluding steroid dienone is 1. The van der Waals surface area contributed by atoms with Crippen molar-refractivity contribution in [3.63, 3.8) is 0 Å². The summed E-state index contributed by atoms with van der Waals surface area (Å²) in [6, 6.07) is 3.08. The van der Waals surface area contributed by atoms with Crippen LogP contribution in [-0.4, -0.2) is 82.9 Å². The fraction of sp³-hybridized carbons (Fsp3) is 0.559. The number of hydrogen-bond donors (Lipinski definition) is 3. The summed E-state index contributed by atoms with van der Waals surface area (Å²) in [4.78, 5) is 59.1. The Morgan fingerprint density at radius 3 is 2.43 bits per heavy atom. The molecule has 1 aliphatic heterocycles. The van der Waals surface area contributed by atoms with Crippen LogP contribution in [0.1, 0.15) is 54.9 Å². The smallest absolute Gasteiger partial charge is 0.408 e. The molecule has 3 amide bonds. The van der Waals surface area contributed by atoms with E-state index in [4.69, 9.17) is 25.8 Å². The largest absolute Gasteiger partial charge is 0.494 e. The minimum absolute atomic E-state index is 0.0181. The van der Waals surface area contributed by atoms with Gasteiger partial charge >= 0.3 is 12.1 Å². The Morgan fingerprint density at radius 1 is 1.19 bits per heavy atom. The third kappa shape index (κ3) is 7.58. The van der Waals surface area contributed by atoms with Crippen molar-refractivity contribution in [2.45, 2.75) is 78.7 Å². The first-order valence-corrected chi connectivity index (χ1v) is 15.9. The maximum Gasteiger partial charge on any atom is 0.408 e. The number of carboxylic acids is 1. The second-order valence-corrected chi connectivity index (χ2v) is 14.9. The van der Waals surface area contributed by atoms with E-state index in [0.29, 0.717) is 28.0 Å². The Labute approximate surface area is 280 Å². The van der Waals surface area contributed by atoms with Gasteiger partial charge in [0.25, 0.3) is 0 Å². The third-order valence-corrected chi connectivity index (χ3v) is 9.04. The van der Waals surface area contributed by atoms with E-state index in [2.05, 4.69) is 22.2 Å². The van der Waals surface area contributed by atoms with E-state index in [0.717, 1.165) is 0 Å². The quantitative estimate of drug-likeness (QED) is 0.301. The summed E-state index contributed by atoms with van der Waals surface area (Å²) in [6.07, 6.45) is 1.97. The van der Waals surface area contributed by atoms with E-state index >= 15 is 0 Å². The number of methoxy groups -OCH3 is 1. The molecule has 1 aromatic carbocycles. The predicted octanol–water partition coefficient (Wildman–Crippen LogP) is 4.82. The molecular weight excluding hydrogens is 628 g/mol. The van der Waals surface area contributed by atoms with E-state index in [1.54, 1.807) is 72.7 Å². The number of carboxylic acid groups (broad SMARTS) is 1. The van der Waals surface area contributed by atoms with Crippen molar-refractivity contribution in [1.29, 1.82) is 0 Å². The van der Waals surface area contributed by atoms with Gasteiger partial charge in [-0.15, -0.1) is 6.58 Å². The van der Waals surface area contributed by atoms with Crippen molar-refractivity contribution in [3.05, 3.63) is 42.1 Å². The molecule has 0 bridgehead atoms. The number of hydrogen-bond acceptors (Lipinski definition) is 8. The second kappa shape index (κ2) is 13.2. The van der Waals surface area contributed by atoms with Crippen LogP contribution in [0.4, 0.5) is 4.79 Å². The van der Waals surface area contributed by atoms with Crippen LogP contribution in [-0.2, 0) is 19.1 Å². The van der Waals surface area contributed by atoms with Gasteiger partial charge in [-0.3, -0.25) is 14.4 Å². The zero-order chi connectivity index (χ0) is 35.1. The van der Waals surface area contributed by atoms with Gasteiger partial charge in [0.15, 0.2) is 0 Å². The van der Waals surface area contributed by atoms with Crippen LogP contribution in [0, 0.1) is 22.7 Å². The Hall–Kier alpha value is -4.06. The number of rotatable bonds is 10. The first-order valence-electron chi connectivity index (χ1n) is 15.6. The molecule has 4 rings (SSSR count). The number of nitrogens with one attached hydrogen (secondary N) is 2. The highest BCUT2D eigenvalue weighted by Gasteiger charge is 2.59. The lowest BCUT2D eigenvalue weighted by Crippen LogP contribution is -2.59. The van der Waals surface area contributed by atoms with Gasteiger partial charge in [-0.25, -0.2) is 9.78 Å². The molecule has 6 unspecified atom stereocenters. The number of carbonyl (C=O) groups excluding carboxylic acids is 3. The molecule has 2 aromatic rings. The summed E-state index contributed by atoms with van der Waals surface area (Å²) in [6.45, 7) is 15.9. The molecule has 256 valence electrons. The molecule has 1 aliphatic carbocycles. The van der Waals surface area contributed by atoms with Crippen LogP contribution in [0.25, 0.3) is 10.8 Å². The lowest BCUT2D eigenvalue weighted by Gasteiger charge is -2.36. The number of nitrogens with zero attached hydrogens (tertiary/aromatic N) is 2. The second-order valence-electron chi connectivity index (χ2n) is 14.4.